The van der Waals surface area contributed by atoms with Gasteiger partial charge in [0.25, 0.3) is 0 Å². The normalized spacial score (nSPS) is 24.9. The Kier molecular flexibility index (Phi) is 4.94. The Morgan fingerprint density at radius 2 is 2.00 bits per heavy atom. The molecular formula is C19H25NO2. The van der Waals surface area contributed by atoms with Crippen LogP contribution in [0.3, 0.4) is 0 Å². The second kappa shape index (κ2) is 7.10. The first-order valence-electron chi connectivity index (χ1n) is 8.38. The van der Waals surface area contributed by atoms with Crippen molar-refractivity contribution in [3.05, 3.63) is 35.4 Å². The predicted octanol–water partition coefficient (Wildman–Crippen LogP) is 3.54. The minimum atomic E-state index is 0.194. The third kappa shape index (κ3) is 3.41. The molecule has 0 amide bonds. The molecule has 2 fully saturated rings. The highest BCUT2D eigenvalue weighted by Gasteiger charge is 2.31. The second-order valence-electron chi connectivity index (χ2n) is 6.37. The maximum atomic E-state index is 12.6. The van der Waals surface area contributed by atoms with Crippen molar-refractivity contribution in [2.24, 2.45) is 5.92 Å². The molecule has 1 heterocycles. The van der Waals surface area contributed by atoms with Crippen LogP contribution in [0.4, 0.5) is 0 Å². The highest BCUT2D eigenvalue weighted by atomic mass is 16.5. The van der Waals surface area contributed by atoms with Crippen LogP contribution in [0.15, 0.2) is 29.8 Å². The van der Waals surface area contributed by atoms with Crippen molar-refractivity contribution in [1.82, 2.24) is 4.90 Å². The number of hydrogen-bond acceptors (Lipinski definition) is 3. The summed E-state index contributed by atoms with van der Waals surface area (Å²) >= 11 is 0. The Labute approximate surface area is 133 Å². The van der Waals surface area contributed by atoms with Crippen LogP contribution in [0.25, 0.3) is 6.08 Å². The average molecular weight is 299 g/mol. The van der Waals surface area contributed by atoms with E-state index in [0.29, 0.717) is 5.78 Å². The molecule has 1 saturated heterocycles. The third-order valence-electron chi connectivity index (χ3n) is 4.85. The summed E-state index contributed by atoms with van der Waals surface area (Å²) in [6.07, 6.45) is 7.83. The van der Waals surface area contributed by atoms with Crippen molar-refractivity contribution in [2.45, 2.75) is 32.1 Å². The molecule has 0 bridgehead atoms. The Morgan fingerprint density at radius 3 is 2.77 bits per heavy atom. The quantitative estimate of drug-likeness (QED) is 0.796. The van der Waals surface area contributed by atoms with Gasteiger partial charge >= 0.3 is 0 Å². The van der Waals surface area contributed by atoms with Crippen LogP contribution in [0, 0.1) is 5.92 Å². The molecule has 1 aromatic rings. The maximum Gasteiger partial charge on any atom is 0.163 e. The molecule has 118 valence electrons. The molecule has 1 atom stereocenters. The van der Waals surface area contributed by atoms with Gasteiger partial charge in [0, 0.05) is 18.0 Å². The van der Waals surface area contributed by atoms with Gasteiger partial charge in [0.2, 0.25) is 0 Å². The average Bonchev–Trinajstić information content (AvgIpc) is 2.90. The lowest BCUT2D eigenvalue weighted by atomic mass is 10.0. The van der Waals surface area contributed by atoms with Gasteiger partial charge in [0.15, 0.2) is 5.78 Å². The molecule has 0 radical (unpaired) electrons. The topological polar surface area (TPSA) is 29.5 Å². The molecule has 1 aromatic carbocycles. The lowest BCUT2D eigenvalue weighted by Crippen LogP contribution is -2.35. The van der Waals surface area contributed by atoms with Crippen molar-refractivity contribution in [3.63, 3.8) is 0 Å². The van der Waals surface area contributed by atoms with Gasteiger partial charge in [0.1, 0.15) is 5.75 Å². The second-order valence-corrected chi connectivity index (χ2v) is 6.37. The molecule has 0 spiro atoms. The van der Waals surface area contributed by atoms with E-state index in [4.69, 9.17) is 4.74 Å². The zero-order chi connectivity index (χ0) is 15.4. The fourth-order valence-electron chi connectivity index (χ4n) is 3.59. The molecule has 2 aliphatic rings. The zero-order valence-electron chi connectivity index (χ0n) is 13.4. The van der Waals surface area contributed by atoms with Gasteiger partial charge in [-0.25, -0.2) is 0 Å². The van der Waals surface area contributed by atoms with E-state index < -0.39 is 0 Å². The van der Waals surface area contributed by atoms with Crippen molar-refractivity contribution in [1.29, 1.82) is 0 Å². The summed E-state index contributed by atoms with van der Waals surface area (Å²) in [4.78, 5) is 15.1. The van der Waals surface area contributed by atoms with E-state index in [2.05, 4.69) is 4.90 Å². The number of ketones is 1. The number of carbonyl (C=O) groups excluding carboxylic acids is 1. The van der Waals surface area contributed by atoms with Gasteiger partial charge < -0.3 is 9.64 Å². The number of rotatable bonds is 4. The van der Waals surface area contributed by atoms with Crippen LogP contribution in [0.2, 0.25) is 0 Å². The number of piperidine rings is 1. The summed E-state index contributed by atoms with van der Waals surface area (Å²) < 4.78 is 5.38. The number of Topliss-reactive ketones (excluding diaryl/α,β-unsaturated/α-hetero) is 1. The Balaban J connectivity index is 1.68. The Bertz CT molecular complexity index is 558. The van der Waals surface area contributed by atoms with Crippen LogP contribution in [0.5, 0.6) is 5.75 Å². The highest BCUT2D eigenvalue weighted by molar-refractivity contribution is 6.03. The summed E-state index contributed by atoms with van der Waals surface area (Å²) in [7, 11) is 1.67. The number of hydrogen-bond donors (Lipinski definition) is 0. The van der Waals surface area contributed by atoms with Crippen molar-refractivity contribution in [3.8, 4) is 5.75 Å². The largest absolute Gasteiger partial charge is 0.496 e. The number of ether oxygens (including phenoxy) is 1. The van der Waals surface area contributed by atoms with E-state index in [1.165, 1.54) is 19.3 Å². The molecule has 3 rings (SSSR count). The van der Waals surface area contributed by atoms with Crippen LogP contribution in [-0.2, 0) is 4.79 Å². The van der Waals surface area contributed by atoms with E-state index >= 15 is 0 Å². The molecule has 3 heteroatoms. The Hall–Kier alpha value is -1.61. The molecule has 22 heavy (non-hydrogen) atoms. The first-order valence-corrected chi connectivity index (χ1v) is 8.38. The maximum absolute atomic E-state index is 12.6. The summed E-state index contributed by atoms with van der Waals surface area (Å²) in [6.45, 7) is 3.27. The molecule has 1 aliphatic heterocycles. The molecule has 0 N–H and O–H groups in total. The van der Waals surface area contributed by atoms with E-state index in [-0.39, 0.29) is 5.92 Å². The fraction of sp³-hybridized carbons (Fsp3) is 0.526. The van der Waals surface area contributed by atoms with E-state index in [9.17, 15) is 4.79 Å². The van der Waals surface area contributed by atoms with Gasteiger partial charge in [-0.3, -0.25) is 4.79 Å². The van der Waals surface area contributed by atoms with Gasteiger partial charge in [-0.05, 0) is 56.5 Å². The van der Waals surface area contributed by atoms with Crippen molar-refractivity contribution >= 4 is 11.9 Å². The van der Waals surface area contributed by atoms with Crippen molar-refractivity contribution in [2.75, 3.05) is 26.7 Å². The van der Waals surface area contributed by atoms with Gasteiger partial charge in [-0.1, -0.05) is 24.6 Å². The fourth-order valence-corrected chi connectivity index (χ4v) is 3.59. The summed E-state index contributed by atoms with van der Waals surface area (Å²) in [5, 5.41) is 0. The number of benzene rings is 1. The molecular weight excluding hydrogens is 274 g/mol. The van der Waals surface area contributed by atoms with Crippen molar-refractivity contribution < 1.29 is 9.53 Å². The minimum absolute atomic E-state index is 0.194. The molecule has 1 unspecified atom stereocenters. The molecule has 3 nitrogen and oxygen atoms in total. The third-order valence-corrected chi connectivity index (χ3v) is 4.85. The molecule has 0 aromatic heterocycles. The summed E-state index contributed by atoms with van der Waals surface area (Å²) in [5.74, 6) is 1.37. The SMILES string of the molecule is COc1ccccc1/C=C1\CCC(CN2CCCCC2)C1=O. The van der Waals surface area contributed by atoms with Gasteiger partial charge in [-0.15, -0.1) is 0 Å². The number of para-hydroxylation sites is 1. The number of carbonyl (C=O) groups is 1. The zero-order valence-corrected chi connectivity index (χ0v) is 13.4. The van der Waals surface area contributed by atoms with E-state index in [0.717, 1.165) is 49.4 Å². The van der Waals surface area contributed by atoms with Gasteiger partial charge in [-0.2, -0.15) is 0 Å². The molecule has 1 aliphatic carbocycles. The first kappa shape index (κ1) is 15.3. The van der Waals surface area contributed by atoms with Crippen LogP contribution in [-0.4, -0.2) is 37.4 Å². The van der Waals surface area contributed by atoms with Gasteiger partial charge in [0.05, 0.1) is 7.11 Å². The predicted molar refractivity (Wildman–Crippen MR) is 89.0 cm³/mol. The number of allylic oxidation sites excluding steroid dienone is 1. The standard InChI is InChI=1S/C19H25NO2/c1-22-18-8-4-3-7-15(18)13-16-9-10-17(19(16)21)14-20-11-5-2-6-12-20/h3-4,7-8,13,17H,2,5-6,9-12,14H2,1H3/b16-13+. The summed E-state index contributed by atoms with van der Waals surface area (Å²) in [6, 6.07) is 7.89. The molecule has 1 saturated carbocycles. The van der Waals surface area contributed by atoms with E-state index in [1.807, 2.05) is 30.3 Å². The Morgan fingerprint density at radius 1 is 1.23 bits per heavy atom. The van der Waals surface area contributed by atoms with E-state index in [1.54, 1.807) is 7.11 Å². The lowest BCUT2D eigenvalue weighted by molar-refractivity contribution is -0.118. The monoisotopic (exact) mass is 299 g/mol. The number of likely N-dealkylation sites (tertiary alicyclic amines) is 1. The smallest absolute Gasteiger partial charge is 0.163 e. The minimum Gasteiger partial charge on any atom is -0.496 e. The van der Waals surface area contributed by atoms with Crippen LogP contribution >= 0.6 is 0 Å². The number of methoxy groups -OCH3 is 1. The lowest BCUT2D eigenvalue weighted by Gasteiger charge is -2.28. The summed E-state index contributed by atoms with van der Waals surface area (Å²) in [5.41, 5.74) is 1.97. The number of nitrogens with zero attached hydrogens (tertiary/aromatic N) is 1. The highest BCUT2D eigenvalue weighted by Crippen LogP contribution is 2.31. The van der Waals surface area contributed by atoms with Crippen LogP contribution in [0.1, 0.15) is 37.7 Å². The first-order chi connectivity index (χ1) is 10.8. The van der Waals surface area contributed by atoms with Crippen LogP contribution < -0.4 is 4.74 Å².